The molecule has 146 valence electrons. The van der Waals surface area contributed by atoms with Gasteiger partial charge in [0, 0.05) is 18.7 Å². The molecule has 0 atom stereocenters. The molecule has 8 heteroatoms. The lowest BCUT2D eigenvalue weighted by Gasteiger charge is -2.07. The smallest absolute Gasteiger partial charge is 0.310 e. The van der Waals surface area contributed by atoms with Gasteiger partial charge < -0.3 is 9.84 Å². The Morgan fingerprint density at radius 3 is 2.86 bits per heavy atom. The average molecular weight is 382 g/mol. The number of aromatic nitrogens is 4. The van der Waals surface area contributed by atoms with E-state index in [0.29, 0.717) is 31.0 Å². The number of hydrogen-bond acceptors (Lipinski definition) is 6. The Morgan fingerprint density at radius 1 is 1.25 bits per heavy atom. The number of benzene rings is 1. The first kappa shape index (κ1) is 19.5. The van der Waals surface area contributed by atoms with Crippen molar-refractivity contribution in [2.75, 3.05) is 13.2 Å². The van der Waals surface area contributed by atoms with Crippen LogP contribution in [-0.4, -0.2) is 43.9 Å². The van der Waals surface area contributed by atoms with Gasteiger partial charge in [-0.2, -0.15) is 10.2 Å². The van der Waals surface area contributed by atoms with E-state index in [9.17, 15) is 9.59 Å². The number of carbonyl (C=O) groups excluding carboxylic acids is 1. The highest BCUT2D eigenvalue weighted by Crippen LogP contribution is 2.11. The van der Waals surface area contributed by atoms with Crippen LogP contribution >= 0.6 is 0 Å². The van der Waals surface area contributed by atoms with Gasteiger partial charge in [-0.15, -0.1) is 0 Å². The molecule has 28 heavy (non-hydrogen) atoms. The first-order valence-corrected chi connectivity index (χ1v) is 9.05. The van der Waals surface area contributed by atoms with Gasteiger partial charge in [-0.05, 0) is 18.1 Å². The zero-order valence-corrected chi connectivity index (χ0v) is 15.6. The van der Waals surface area contributed by atoms with Crippen molar-refractivity contribution in [1.82, 2.24) is 19.6 Å². The largest absolute Gasteiger partial charge is 0.466 e. The van der Waals surface area contributed by atoms with E-state index in [1.807, 2.05) is 24.3 Å². The van der Waals surface area contributed by atoms with Crippen molar-refractivity contribution in [3.63, 3.8) is 0 Å². The summed E-state index contributed by atoms with van der Waals surface area (Å²) in [5, 5.41) is 17.6. The van der Waals surface area contributed by atoms with Gasteiger partial charge in [0.15, 0.2) is 0 Å². The van der Waals surface area contributed by atoms with E-state index >= 15 is 0 Å². The van der Waals surface area contributed by atoms with Gasteiger partial charge in [-0.1, -0.05) is 24.3 Å². The van der Waals surface area contributed by atoms with Crippen LogP contribution in [-0.2, 0) is 28.9 Å². The van der Waals surface area contributed by atoms with Gasteiger partial charge in [0.05, 0.1) is 38.6 Å². The molecule has 0 radical (unpaired) electrons. The highest BCUT2D eigenvalue weighted by atomic mass is 16.5. The van der Waals surface area contributed by atoms with Crippen LogP contribution in [0.2, 0.25) is 0 Å². The summed E-state index contributed by atoms with van der Waals surface area (Å²) in [7, 11) is 0. The average Bonchev–Trinajstić information content (AvgIpc) is 3.13. The summed E-state index contributed by atoms with van der Waals surface area (Å²) in [6, 6.07) is 8.95. The van der Waals surface area contributed by atoms with E-state index in [-0.39, 0.29) is 24.4 Å². The second-order valence-corrected chi connectivity index (χ2v) is 6.23. The van der Waals surface area contributed by atoms with Crippen LogP contribution in [0.5, 0.6) is 0 Å². The van der Waals surface area contributed by atoms with Gasteiger partial charge in [-0.25, -0.2) is 4.68 Å². The number of carbonyl (C=O) groups is 1. The zero-order chi connectivity index (χ0) is 19.9. The zero-order valence-electron chi connectivity index (χ0n) is 15.6. The number of esters is 1. The minimum absolute atomic E-state index is 0.00783. The Bertz CT molecular complexity index is 1010. The lowest BCUT2D eigenvalue weighted by molar-refractivity contribution is -0.142. The number of nitrogens with zero attached hydrogens (tertiary/aromatic N) is 4. The molecule has 0 saturated carbocycles. The molecule has 8 nitrogen and oxygen atoms in total. The Labute approximate surface area is 162 Å². The topological polar surface area (TPSA) is 99.2 Å². The molecule has 1 N–H and O–H groups in total. The van der Waals surface area contributed by atoms with Crippen molar-refractivity contribution in [3.05, 3.63) is 76.0 Å². The molecule has 0 aliphatic carbocycles. The first-order chi connectivity index (χ1) is 13.6. The normalized spacial score (nSPS) is 10.8. The quantitative estimate of drug-likeness (QED) is 0.586. The van der Waals surface area contributed by atoms with Crippen LogP contribution in [0.15, 0.2) is 53.7 Å². The summed E-state index contributed by atoms with van der Waals surface area (Å²) in [5.74, 6) is -0.278. The first-order valence-electron chi connectivity index (χ1n) is 9.05. The number of aliphatic hydroxyl groups is 1. The third-order valence-corrected chi connectivity index (χ3v) is 4.11. The fourth-order valence-corrected chi connectivity index (χ4v) is 2.83. The van der Waals surface area contributed by atoms with Gasteiger partial charge in [0.25, 0.3) is 0 Å². The van der Waals surface area contributed by atoms with E-state index in [1.165, 1.54) is 6.07 Å². The highest BCUT2D eigenvalue weighted by molar-refractivity contribution is 5.72. The summed E-state index contributed by atoms with van der Waals surface area (Å²) in [6.07, 6.45) is 5.50. The van der Waals surface area contributed by atoms with Crippen molar-refractivity contribution >= 4 is 5.97 Å². The van der Waals surface area contributed by atoms with Crippen LogP contribution in [0.3, 0.4) is 0 Å². The number of hydrogen-bond donors (Lipinski definition) is 1. The molecule has 0 saturated heterocycles. The third-order valence-electron chi connectivity index (χ3n) is 4.11. The Morgan fingerprint density at radius 2 is 2.07 bits per heavy atom. The second kappa shape index (κ2) is 9.09. The molecule has 2 aromatic heterocycles. The molecule has 0 fully saturated rings. The van der Waals surface area contributed by atoms with Crippen molar-refractivity contribution in [2.45, 2.75) is 26.3 Å². The SMILES string of the molecule is CCOC(=O)Cc1cccc(Cc2nn(-c3cnn(CCO)c3)ccc2=O)c1. The monoisotopic (exact) mass is 382 g/mol. The van der Waals surface area contributed by atoms with Crippen molar-refractivity contribution in [1.29, 1.82) is 0 Å². The standard InChI is InChI=1S/C20H22N4O4/c1-2-28-20(27)12-16-5-3-4-15(10-16)11-18-19(26)6-7-24(22-18)17-13-21-23(14-17)8-9-25/h3-7,10,13-14,25H,2,8-9,11-12H2,1H3. The Balaban J connectivity index is 1.80. The maximum atomic E-state index is 12.3. The molecule has 1 aromatic carbocycles. The maximum absolute atomic E-state index is 12.3. The Kier molecular flexibility index (Phi) is 6.33. The van der Waals surface area contributed by atoms with Crippen molar-refractivity contribution < 1.29 is 14.6 Å². The Hall–Kier alpha value is -3.26. The van der Waals surface area contributed by atoms with E-state index in [1.54, 1.807) is 34.9 Å². The minimum atomic E-state index is -0.278. The predicted molar refractivity (Wildman–Crippen MR) is 102 cm³/mol. The van der Waals surface area contributed by atoms with E-state index in [4.69, 9.17) is 9.84 Å². The number of aliphatic hydroxyl groups excluding tert-OH is 1. The highest BCUT2D eigenvalue weighted by Gasteiger charge is 2.09. The van der Waals surface area contributed by atoms with Gasteiger partial charge in [-0.3, -0.25) is 14.3 Å². The van der Waals surface area contributed by atoms with Gasteiger partial charge >= 0.3 is 5.97 Å². The summed E-state index contributed by atoms with van der Waals surface area (Å²) >= 11 is 0. The van der Waals surface area contributed by atoms with Crippen LogP contribution in [0, 0.1) is 0 Å². The maximum Gasteiger partial charge on any atom is 0.310 e. The molecule has 2 heterocycles. The van der Waals surface area contributed by atoms with Crippen LogP contribution in [0.1, 0.15) is 23.7 Å². The minimum Gasteiger partial charge on any atom is -0.466 e. The van der Waals surface area contributed by atoms with Crippen LogP contribution in [0.4, 0.5) is 0 Å². The summed E-state index contributed by atoms with van der Waals surface area (Å²) in [5.41, 5.74) is 2.66. The summed E-state index contributed by atoms with van der Waals surface area (Å²) in [4.78, 5) is 23.9. The molecule has 3 rings (SSSR count). The molecular weight excluding hydrogens is 360 g/mol. The van der Waals surface area contributed by atoms with E-state index in [0.717, 1.165) is 11.1 Å². The van der Waals surface area contributed by atoms with Crippen molar-refractivity contribution in [2.24, 2.45) is 0 Å². The molecule has 0 unspecified atom stereocenters. The van der Waals surface area contributed by atoms with Crippen LogP contribution < -0.4 is 5.43 Å². The fourth-order valence-electron chi connectivity index (χ4n) is 2.83. The number of rotatable bonds is 8. The molecule has 0 aliphatic rings. The number of ether oxygens (including phenoxy) is 1. The van der Waals surface area contributed by atoms with Crippen LogP contribution in [0.25, 0.3) is 5.69 Å². The fraction of sp³-hybridized carbons (Fsp3) is 0.300. The summed E-state index contributed by atoms with van der Waals surface area (Å²) in [6.45, 7) is 2.50. The lowest BCUT2D eigenvalue weighted by Crippen LogP contribution is -2.16. The summed E-state index contributed by atoms with van der Waals surface area (Å²) < 4.78 is 8.17. The van der Waals surface area contributed by atoms with Crippen molar-refractivity contribution in [3.8, 4) is 5.69 Å². The molecule has 0 bridgehead atoms. The molecule has 0 spiro atoms. The third kappa shape index (κ3) is 4.92. The predicted octanol–water partition coefficient (Wildman–Crippen LogP) is 1.12. The second-order valence-electron chi connectivity index (χ2n) is 6.23. The van der Waals surface area contributed by atoms with E-state index in [2.05, 4.69) is 10.2 Å². The lowest BCUT2D eigenvalue weighted by atomic mass is 10.0. The molecule has 0 amide bonds. The molecular formula is C20H22N4O4. The molecule has 3 aromatic rings. The van der Waals surface area contributed by atoms with E-state index < -0.39 is 0 Å². The molecule has 0 aliphatic heterocycles. The van der Waals surface area contributed by atoms with Gasteiger partial charge in [0.2, 0.25) is 5.43 Å². The van der Waals surface area contributed by atoms with Gasteiger partial charge in [0.1, 0.15) is 11.4 Å².